The molecule has 0 aromatic carbocycles. The fourth-order valence-electron chi connectivity index (χ4n) is 2.60. The van der Waals surface area contributed by atoms with Crippen molar-refractivity contribution in [2.75, 3.05) is 17.7 Å². The summed E-state index contributed by atoms with van der Waals surface area (Å²) in [4.78, 5) is 36.7. The van der Waals surface area contributed by atoms with Gasteiger partial charge in [0.2, 0.25) is 5.91 Å². The van der Waals surface area contributed by atoms with Crippen LogP contribution in [0.2, 0.25) is 0 Å². The molecule has 9 nitrogen and oxygen atoms in total. The number of carbonyl (C=O) groups excluding carboxylic acids is 2. The minimum atomic E-state index is -0.535. The molecule has 29 heavy (non-hydrogen) atoms. The van der Waals surface area contributed by atoms with E-state index in [0.717, 1.165) is 18.2 Å². The number of carbonyl (C=O) groups is 2. The summed E-state index contributed by atoms with van der Waals surface area (Å²) >= 11 is 2.36. The van der Waals surface area contributed by atoms with E-state index in [1.807, 2.05) is 6.92 Å². The average molecular weight is 437 g/mol. The number of aromatic nitrogens is 3. The van der Waals surface area contributed by atoms with Gasteiger partial charge in [-0.15, -0.1) is 16.4 Å². The van der Waals surface area contributed by atoms with Gasteiger partial charge in [0, 0.05) is 17.5 Å². The highest BCUT2D eigenvalue weighted by molar-refractivity contribution is 7.99. The molecular weight excluding hydrogens is 416 g/mol. The van der Waals surface area contributed by atoms with E-state index in [4.69, 9.17) is 9.15 Å². The van der Waals surface area contributed by atoms with Crippen LogP contribution in [0.4, 0.5) is 5.00 Å². The van der Waals surface area contributed by atoms with E-state index < -0.39 is 5.97 Å². The maximum atomic E-state index is 12.5. The topological polar surface area (TPSA) is 119 Å². The number of H-pyrrole nitrogens is 1. The molecule has 1 amide bonds. The lowest BCUT2D eigenvalue weighted by Crippen LogP contribution is -2.19. The third kappa shape index (κ3) is 4.80. The van der Waals surface area contributed by atoms with Crippen LogP contribution in [0.3, 0.4) is 0 Å². The lowest BCUT2D eigenvalue weighted by Gasteiger charge is -2.08. The number of nitrogens with zero attached hydrogens (tertiary/aromatic N) is 2. The maximum Gasteiger partial charge on any atom is 0.343 e. The van der Waals surface area contributed by atoms with Crippen LogP contribution in [0, 0.1) is 0 Å². The van der Waals surface area contributed by atoms with Crippen LogP contribution in [-0.2, 0) is 16.1 Å². The third-order valence-electron chi connectivity index (χ3n) is 3.81. The largest absolute Gasteiger partial charge is 0.464 e. The maximum absolute atomic E-state index is 12.5. The normalized spacial score (nSPS) is 10.8. The van der Waals surface area contributed by atoms with Crippen LogP contribution in [0.1, 0.15) is 30.6 Å². The first-order valence-corrected chi connectivity index (χ1v) is 10.8. The van der Waals surface area contributed by atoms with E-state index in [-0.39, 0.29) is 29.5 Å². The molecule has 0 aliphatic rings. The molecular formula is C18H20N4O5S2. The number of furan rings is 1. The monoisotopic (exact) mass is 436 g/mol. The summed E-state index contributed by atoms with van der Waals surface area (Å²) in [6, 6.07) is 3.45. The predicted molar refractivity (Wildman–Crippen MR) is 110 cm³/mol. The number of rotatable bonds is 9. The van der Waals surface area contributed by atoms with Crippen molar-refractivity contribution >= 4 is 40.0 Å². The van der Waals surface area contributed by atoms with E-state index in [1.165, 1.54) is 22.2 Å². The zero-order valence-corrected chi connectivity index (χ0v) is 17.5. The van der Waals surface area contributed by atoms with E-state index in [1.54, 1.807) is 24.4 Å². The van der Waals surface area contributed by atoms with Crippen LogP contribution in [0.5, 0.6) is 0 Å². The molecule has 0 saturated carbocycles. The summed E-state index contributed by atoms with van der Waals surface area (Å²) in [5.41, 5.74) is 0.513. The number of ether oxygens (including phenoxy) is 1. The van der Waals surface area contributed by atoms with Gasteiger partial charge < -0.3 is 14.5 Å². The molecule has 0 aliphatic carbocycles. The number of thiophene rings is 1. The van der Waals surface area contributed by atoms with Crippen molar-refractivity contribution in [3.8, 4) is 11.3 Å². The van der Waals surface area contributed by atoms with Crippen LogP contribution in [0.25, 0.3) is 11.3 Å². The molecule has 0 spiro atoms. The van der Waals surface area contributed by atoms with Crippen LogP contribution < -0.4 is 11.0 Å². The summed E-state index contributed by atoms with van der Waals surface area (Å²) in [6.45, 7) is 4.39. The first-order valence-electron chi connectivity index (χ1n) is 8.95. The zero-order chi connectivity index (χ0) is 20.8. The average Bonchev–Trinajstić information content (AvgIpc) is 3.42. The van der Waals surface area contributed by atoms with Gasteiger partial charge in [-0.3, -0.25) is 9.36 Å². The van der Waals surface area contributed by atoms with Crippen LogP contribution >= 0.6 is 23.1 Å². The Hall–Kier alpha value is -2.79. The number of aromatic amines is 1. The Morgan fingerprint density at radius 1 is 1.41 bits per heavy atom. The molecule has 11 heteroatoms. The van der Waals surface area contributed by atoms with Crippen molar-refractivity contribution in [2.24, 2.45) is 0 Å². The molecule has 0 fully saturated rings. The minimum absolute atomic E-state index is 0.0320. The number of anilines is 1. The fraction of sp³-hybridized carbons (Fsp3) is 0.333. The molecule has 0 radical (unpaired) electrons. The molecule has 3 aromatic rings. The quantitative estimate of drug-likeness (QED) is 0.390. The number of nitrogens with one attached hydrogen (secondary N) is 2. The molecule has 3 heterocycles. The van der Waals surface area contributed by atoms with Gasteiger partial charge in [0.05, 0.1) is 18.6 Å². The Bertz CT molecular complexity index is 1040. The first-order chi connectivity index (χ1) is 14.0. The van der Waals surface area contributed by atoms with Crippen molar-refractivity contribution < 1.29 is 18.7 Å². The molecule has 0 unspecified atom stereocenters. The van der Waals surface area contributed by atoms with Crippen molar-refractivity contribution in [3.05, 3.63) is 39.8 Å². The Morgan fingerprint density at radius 2 is 2.24 bits per heavy atom. The molecule has 0 bridgehead atoms. The zero-order valence-electron chi connectivity index (χ0n) is 15.9. The van der Waals surface area contributed by atoms with Gasteiger partial charge >= 0.3 is 11.7 Å². The van der Waals surface area contributed by atoms with Crippen molar-refractivity contribution in [1.82, 2.24) is 14.8 Å². The van der Waals surface area contributed by atoms with Gasteiger partial charge in [0.1, 0.15) is 16.3 Å². The second-order valence-corrected chi connectivity index (χ2v) is 7.67. The van der Waals surface area contributed by atoms with Gasteiger partial charge in [-0.1, -0.05) is 18.7 Å². The smallest absolute Gasteiger partial charge is 0.343 e. The van der Waals surface area contributed by atoms with Gasteiger partial charge in [-0.05, 0) is 25.5 Å². The number of hydrogen-bond donors (Lipinski definition) is 2. The summed E-state index contributed by atoms with van der Waals surface area (Å²) in [5.74, 6) is -0.317. The van der Waals surface area contributed by atoms with Crippen molar-refractivity contribution in [2.45, 2.75) is 32.0 Å². The van der Waals surface area contributed by atoms with E-state index in [0.29, 0.717) is 28.0 Å². The van der Waals surface area contributed by atoms with Gasteiger partial charge in [-0.2, -0.15) is 0 Å². The van der Waals surface area contributed by atoms with Gasteiger partial charge in [0.15, 0.2) is 5.16 Å². The molecule has 0 atom stereocenters. The van der Waals surface area contributed by atoms with Crippen LogP contribution in [0.15, 0.2) is 38.1 Å². The van der Waals surface area contributed by atoms with Gasteiger partial charge in [-0.25, -0.2) is 14.7 Å². The molecule has 3 aromatic heterocycles. The standard InChI is InChI=1S/C18H20N4O5S2/c1-3-7-22-17(25)20-21-18(22)29-10-13(23)19-15-14(16(24)26-4-2)11(9-28-15)12-6-5-8-27-12/h5-6,8-9H,3-4,7,10H2,1-2H3,(H,19,23)(H,20,25). The second kappa shape index (κ2) is 9.61. The third-order valence-corrected chi connectivity index (χ3v) is 5.68. The Kier molecular flexibility index (Phi) is 6.94. The van der Waals surface area contributed by atoms with Crippen LogP contribution in [-0.4, -0.2) is 39.0 Å². The molecule has 0 aliphatic heterocycles. The Balaban J connectivity index is 1.75. The fourth-order valence-corrected chi connectivity index (χ4v) is 4.32. The number of esters is 1. The SMILES string of the molecule is CCCn1c(SCC(=O)Nc2scc(-c3ccco3)c2C(=O)OCC)n[nH]c1=O. The number of hydrogen-bond acceptors (Lipinski definition) is 8. The van der Waals surface area contributed by atoms with E-state index in [9.17, 15) is 14.4 Å². The highest BCUT2D eigenvalue weighted by atomic mass is 32.2. The highest BCUT2D eigenvalue weighted by Gasteiger charge is 2.24. The molecule has 154 valence electrons. The lowest BCUT2D eigenvalue weighted by atomic mass is 10.1. The predicted octanol–water partition coefficient (Wildman–Crippen LogP) is 3.21. The highest BCUT2D eigenvalue weighted by Crippen LogP contribution is 2.36. The lowest BCUT2D eigenvalue weighted by molar-refractivity contribution is -0.113. The molecule has 3 rings (SSSR count). The van der Waals surface area contributed by atoms with Crippen molar-refractivity contribution in [3.63, 3.8) is 0 Å². The summed E-state index contributed by atoms with van der Waals surface area (Å²) in [6.07, 6.45) is 2.28. The summed E-state index contributed by atoms with van der Waals surface area (Å²) in [5, 5.41) is 11.6. The molecule has 2 N–H and O–H groups in total. The first kappa shape index (κ1) is 20.9. The second-order valence-electron chi connectivity index (χ2n) is 5.85. The molecule has 0 saturated heterocycles. The minimum Gasteiger partial charge on any atom is -0.464 e. The van der Waals surface area contributed by atoms with E-state index >= 15 is 0 Å². The van der Waals surface area contributed by atoms with E-state index in [2.05, 4.69) is 15.5 Å². The Labute approximate surface area is 174 Å². The summed E-state index contributed by atoms with van der Waals surface area (Å²) in [7, 11) is 0. The van der Waals surface area contributed by atoms with Gasteiger partial charge in [0.25, 0.3) is 0 Å². The summed E-state index contributed by atoms with van der Waals surface area (Å²) < 4.78 is 12.0. The number of thioether (sulfide) groups is 1. The van der Waals surface area contributed by atoms with Crippen molar-refractivity contribution in [1.29, 1.82) is 0 Å². The Morgan fingerprint density at radius 3 is 2.93 bits per heavy atom. The number of amides is 1.